The van der Waals surface area contributed by atoms with Gasteiger partial charge < -0.3 is 25.2 Å². The minimum absolute atomic E-state index is 0.112. The van der Waals surface area contributed by atoms with Crippen LogP contribution in [-0.2, 0) is 23.9 Å². The van der Waals surface area contributed by atoms with E-state index < -0.39 is 48.1 Å². The third-order valence-electron chi connectivity index (χ3n) is 7.61. The highest BCUT2D eigenvalue weighted by molar-refractivity contribution is 6.05. The molecular formula is C35H36F4N2O5. The van der Waals surface area contributed by atoms with Gasteiger partial charge >= 0.3 is 12.1 Å². The van der Waals surface area contributed by atoms with E-state index in [-0.39, 0.29) is 43.1 Å². The molecule has 0 saturated carbocycles. The maximum Gasteiger partial charge on any atom is 0.416 e. The summed E-state index contributed by atoms with van der Waals surface area (Å²) in [6.07, 6.45) is -7.24. The van der Waals surface area contributed by atoms with Gasteiger partial charge in [0.25, 0.3) is 5.91 Å². The zero-order valence-corrected chi connectivity index (χ0v) is 25.4. The smallest absolute Gasteiger partial charge is 0.416 e. The van der Waals surface area contributed by atoms with Crippen LogP contribution < -0.4 is 5.32 Å². The lowest BCUT2D eigenvalue weighted by atomic mass is 9.92. The molecule has 0 saturated heterocycles. The number of nitrogens with zero attached hydrogens (tertiary/aromatic N) is 1. The number of aromatic nitrogens is 1. The number of carbonyl (C=O) groups is 2. The van der Waals surface area contributed by atoms with Crippen molar-refractivity contribution in [3.8, 4) is 22.3 Å². The number of aliphatic hydroxyl groups excluding tert-OH is 2. The summed E-state index contributed by atoms with van der Waals surface area (Å²) in [4.78, 5) is 25.1. The van der Waals surface area contributed by atoms with E-state index in [0.717, 1.165) is 12.1 Å². The van der Waals surface area contributed by atoms with Crippen LogP contribution in [0.5, 0.6) is 0 Å². The molecule has 0 bridgehead atoms. The fourth-order valence-corrected chi connectivity index (χ4v) is 5.63. The van der Waals surface area contributed by atoms with Gasteiger partial charge in [-0.1, -0.05) is 54.6 Å². The van der Waals surface area contributed by atoms with Crippen LogP contribution in [0.4, 0.5) is 17.6 Å². The summed E-state index contributed by atoms with van der Waals surface area (Å²) in [5.41, 5.74) is 2.71. The zero-order chi connectivity index (χ0) is 33.6. The van der Waals surface area contributed by atoms with Crippen LogP contribution in [0.25, 0.3) is 22.3 Å². The van der Waals surface area contributed by atoms with Crippen molar-refractivity contribution in [3.63, 3.8) is 0 Å². The summed E-state index contributed by atoms with van der Waals surface area (Å²) in [5, 5.41) is 32.6. The van der Waals surface area contributed by atoms with Gasteiger partial charge in [0.05, 0.1) is 24.2 Å². The number of aliphatic carboxylic acids is 1. The second-order valence-electron chi connectivity index (χ2n) is 11.4. The van der Waals surface area contributed by atoms with Crippen LogP contribution in [0.1, 0.15) is 66.5 Å². The lowest BCUT2D eigenvalue weighted by Gasteiger charge is -2.20. The number of rotatable bonds is 13. The Kier molecular flexibility index (Phi) is 11.0. The molecule has 11 heteroatoms. The lowest BCUT2D eigenvalue weighted by Crippen LogP contribution is -2.27. The minimum Gasteiger partial charge on any atom is -0.481 e. The van der Waals surface area contributed by atoms with Gasteiger partial charge in [0.2, 0.25) is 0 Å². The van der Waals surface area contributed by atoms with Gasteiger partial charge in [-0.15, -0.1) is 0 Å². The average Bonchev–Trinajstić information content (AvgIpc) is 3.34. The fraction of sp³-hybridized carbons (Fsp3) is 0.314. The molecule has 0 aliphatic carbocycles. The maximum absolute atomic E-state index is 14.1. The van der Waals surface area contributed by atoms with E-state index in [0.29, 0.717) is 27.9 Å². The number of carboxylic acid groups (broad SMARTS) is 1. The molecule has 244 valence electrons. The number of carbonyl (C=O) groups excluding carboxylic acids is 1. The number of aliphatic hydroxyl groups is 2. The van der Waals surface area contributed by atoms with Crippen LogP contribution in [0.2, 0.25) is 0 Å². The molecule has 1 heterocycles. The first kappa shape index (κ1) is 34.4. The second kappa shape index (κ2) is 14.7. The summed E-state index contributed by atoms with van der Waals surface area (Å²) < 4.78 is 55.9. The van der Waals surface area contributed by atoms with E-state index in [1.165, 1.54) is 24.3 Å². The van der Waals surface area contributed by atoms with E-state index in [1.54, 1.807) is 24.3 Å². The van der Waals surface area contributed by atoms with Gasteiger partial charge in [-0.05, 0) is 74.1 Å². The molecule has 0 fully saturated rings. The Morgan fingerprint density at radius 2 is 1.52 bits per heavy atom. The van der Waals surface area contributed by atoms with Gasteiger partial charge in [0.1, 0.15) is 11.5 Å². The third-order valence-corrected chi connectivity index (χ3v) is 7.61. The topological polar surface area (TPSA) is 112 Å². The van der Waals surface area contributed by atoms with E-state index in [1.807, 2.05) is 36.6 Å². The molecule has 2 unspecified atom stereocenters. The van der Waals surface area contributed by atoms with Crippen LogP contribution in [0.3, 0.4) is 0 Å². The average molecular weight is 641 g/mol. The molecule has 0 spiro atoms. The van der Waals surface area contributed by atoms with Gasteiger partial charge in [-0.3, -0.25) is 9.59 Å². The van der Waals surface area contributed by atoms with Crippen molar-refractivity contribution in [1.82, 2.24) is 9.88 Å². The molecule has 1 aromatic heterocycles. The highest BCUT2D eigenvalue weighted by Gasteiger charge is 2.32. The Morgan fingerprint density at radius 1 is 0.870 bits per heavy atom. The number of amides is 1. The Hall–Kier alpha value is -4.48. The zero-order valence-electron chi connectivity index (χ0n) is 25.4. The minimum atomic E-state index is -4.54. The summed E-state index contributed by atoms with van der Waals surface area (Å²) in [7, 11) is 0. The van der Waals surface area contributed by atoms with Crippen LogP contribution in [-0.4, -0.2) is 44.0 Å². The lowest BCUT2D eigenvalue weighted by molar-refractivity contribution is -0.139. The van der Waals surface area contributed by atoms with Crippen LogP contribution in [0, 0.1) is 5.82 Å². The SMILES string of the molecule is CC(C)n1c(CCC(O)CC(O)CC(=O)O)c(-c2ccc(F)cc2)c(-c2ccccc2)c1C(=O)NCc1cccc(C(F)(F)F)c1. The van der Waals surface area contributed by atoms with Crippen molar-refractivity contribution in [2.75, 3.05) is 0 Å². The molecule has 3 aromatic carbocycles. The number of nitrogens with one attached hydrogen (secondary N) is 1. The van der Waals surface area contributed by atoms with E-state index in [2.05, 4.69) is 5.32 Å². The number of hydrogen-bond donors (Lipinski definition) is 4. The Labute approximate surface area is 264 Å². The molecule has 4 N–H and O–H groups in total. The predicted octanol–water partition coefficient (Wildman–Crippen LogP) is 7.01. The normalized spacial score (nSPS) is 13.1. The highest BCUT2D eigenvalue weighted by Crippen LogP contribution is 2.42. The first-order valence-electron chi connectivity index (χ1n) is 14.9. The Balaban J connectivity index is 1.84. The summed E-state index contributed by atoms with van der Waals surface area (Å²) in [6, 6.07) is 19.2. The standard InChI is InChI=1S/C35H36F4N2O5/c1-21(2)41-29(16-15-27(42)18-28(43)19-30(44)45)31(24-11-13-26(36)14-12-24)32(23-8-4-3-5-9-23)33(41)34(46)40-20-22-7-6-10-25(17-22)35(37,38)39/h3-14,17,21,27-28,42-43H,15-16,18-20H2,1-2H3,(H,40,46)(H,44,45). The molecule has 2 atom stereocenters. The van der Waals surface area contributed by atoms with Crippen molar-refractivity contribution in [2.24, 2.45) is 0 Å². The molecule has 4 aromatic rings. The summed E-state index contributed by atoms with van der Waals surface area (Å²) >= 11 is 0. The molecule has 7 nitrogen and oxygen atoms in total. The molecule has 1 amide bonds. The van der Waals surface area contributed by atoms with E-state index in [4.69, 9.17) is 5.11 Å². The molecule has 0 aliphatic rings. The van der Waals surface area contributed by atoms with Crippen LogP contribution >= 0.6 is 0 Å². The van der Waals surface area contributed by atoms with E-state index >= 15 is 0 Å². The Bertz CT molecular complexity index is 1650. The van der Waals surface area contributed by atoms with Crippen LogP contribution in [0.15, 0.2) is 78.9 Å². The quantitative estimate of drug-likeness (QED) is 0.118. The summed E-state index contributed by atoms with van der Waals surface area (Å²) in [6.45, 7) is 3.55. The van der Waals surface area contributed by atoms with Gasteiger partial charge in [0.15, 0.2) is 0 Å². The fourth-order valence-electron chi connectivity index (χ4n) is 5.63. The first-order valence-corrected chi connectivity index (χ1v) is 14.9. The third kappa shape index (κ3) is 8.41. The number of hydrogen-bond acceptors (Lipinski definition) is 4. The molecule has 46 heavy (non-hydrogen) atoms. The first-order chi connectivity index (χ1) is 21.8. The number of alkyl halides is 3. The predicted molar refractivity (Wildman–Crippen MR) is 165 cm³/mol. The van der Waals surface area contributed by atoms with Crippen molar-refractivity contribution >= 4 is 11.9 Å². The molecular weight excluding hydrogens is 604 g/mol. The molecule has 0 aliphatic heterocycles. The largest absolute Gasteiger partial charge is 0.481 e. The molecule has 0 radical (unpaired) electrons. The Morgan fingerprint density at radius 3 is 2.13 bits per heavy atom. The second-order valence-corrected chi connectivity index (χ2v) is 11.4. The van der Waals surface area contributed by atoms with E-state index in [9.17, 15) is 37.4 Å². The molecule has 4 rings (SSSR count). The van der Waals surface area contributed by atoms with Gasteiger partial charge in [0, 0.05) is 29.4 Å². The highest BCUT2D eigenvalue weighted by atomic mass is 19.4. The maximum atomic E-state index is 14.1. The monoisotopic (exact) mass is 640 g/mol. The number of benzene rings is 3. The number of carboxylic acids is 1. The van der Waals surface area contributed by atoms with Crippen molar-refractivity contribution < 1.29 is 42.5 Å². The van der Waals surface area contributed by atoms with Gasteiger partial charge in [-0.25, -0.2) is 4.39 Å². The summed E-state index contributed by atoms with van der Waals surface area (Å²) in [5.74, 6) is -2.20. The van der Waals surface area contributed by atoms with Crippen molar-refractivity contribution in [1.29, 1.82) is 0 Å². The number of halogens is 4. The van der Waals surface area contributed by atoms with Gasteiger partial charge in [-0.2, -0.15) is 13.2 Å². The van der Waals surface area contributed by atoms with Crippen molar-refractivity contribution in [2.45, 2.75) is 70.5 Å². The van der Waals surface area contributed by atoms with Crippen molar-refractivity contribution in [3.05, 3.63) is 107 Å².